The molecular weight excluding hydrogens is 240 g/mol. The minimum atomic E-state index is -0.0596. The summed E-state index contributed by atoms with van der Waals surface area (Å²) in [7, 11) is 0. The molecule has 0 saturated carbocycles. The van der Waals surface area contributed by atoms with Gasteiger partial charge in [0.1, 0.15) is 5.82 Å². The van der Waals surface area contributed by atoms with Gasteiger partial charge in [-0.2, -0.15) is 0 Å². The predicted octanol–water partition coefficient (Wildman–Crippen LogP) is 1.08. The van der Waals surface area contributed by atoms with Crippen molar-refractivity contribution in [3.8, 4) is 0 Å². The molecule has 5 heteroatoms. The molecule has 0 aromatic carbocycles. The molecule has 1 saturated heterocycles. The highest BCUT2D eigenvalue weighted by molar-refractivity contribution is 5.73. The molecule has 2 atom stereocenters. The van der Waals surface area contributed by atoms with Crippen molar-refractivity contribution in [3.63, 3.8) is 0 Å². The van der Waals surface area contributed by atoms with Crippen molar-refractivity contribution >= 4 is 11.7 Å². The van der Waals surface area contributed by atoms with Gasteiger partial charge in [-0.05, 0) is 26.0 Å². The average Bonchev–Trinajstić information content (AvgIpc) is 2.38. The highest BCUT2D eigenvalue weighted by Gasteiger charge is 2.20. The van der Waals surface area contributed by atoms with Crippen molar-refractivity contribution in [3.05, 3.63) is 23.9 Å². The lowest BCUT2D eigenvalue weighted by atomic mass is 10.2. The lowest BCUT2D eigenvalue weighted by Crippen LogP contribution is -2.50. The highest BCUT2D eigenvalue weighted by atomic mass is 16.1. The molecule has 19 heavy (non-hydrogen) atoms. The smallest absolute Gasteiger partial charge is 0.217 e. The standard InChI is InChI=1S/C14H22N4O/c1-10-9-15-7-8-18(10)14-6-4-5-13(17-14)11(2)16-12(3)19/h4-6,10-11,15H,7-9H2,1-3H3,(H,16,19)/t10?,11-/m1/s1. The number of piperazine rings is 1. The van der Waals surface area contributed by atoms with Gasteiger partial charge in [0, 0.05) is 32.6 Å². The highest BCUT2D eigenvalue weighted by Crippen LogP contribution is 2.18. The number of carbonyl (C=O) groups is 1. The fourth-order valence-corrected chi connectivity index (χ4v) is 2.40. The van der Waals surface area contributed by atoms with Gasteiger partial charge in [0.15, 0.2) is 0 Å². The van der Waals surface area contributed by atoms with Crippen LogP contribution in [-0.2, 0) is 4.79 Å². The number of nitrogens with zero attached hydrogens (tertiary/aromatic N) is 2. The zero-order valence-corrected chi connectivity index (χ0v) is 11.8. The van der Waals surface area contributed by atoms with E-state index in [1.54, 1.807) is 0 Å². The molecule has 1 aromatic heterocycles. The summed E-state index contributed by atoms with van der Waals surface area (Å²) in [6, 6.07) is 6.37. The van der Waals surface area contributed by atoms with Crippen LogP contribution >= 0.6 is 0 Å². The third-order valence-electron chi connectivity index (χ3n) is 3.41. The van der Waals surface area contributed by atoms with E-state index in [4.69, 9.17) is 0 Å². The SMILES string of the molecule is CC(=O)N[C@H](C)c1cccc(N2CCNCC2C)n1. The first kappa shape index (κ1) is 13.8. The van der Waals surface area contributed by atoms with E-state index in [9.17, 15) is 4.79 Å². The normalized spacial score (nSPS) is 21.0. The molecule has 1 amide bonds. The van der Waals surface area contributed by atoms with Gasteiger partial charge in [0.05, 0.1) is 11.7 Å². The van der Waals surface area contributed by atoms with Gasteiger partial charge < -0.3 is 15.5 Å². The third kappa shape index (κ3) is 3.44. The van der Waals surface area contributed by atoms with Gasteiger partial charge in [-0.1, -0.05) is 6.07 Å². The summed E-state index contributed by atoms with van der Waals surface area (Å²) in [5, 5.41) is 6.24. The van der Waals surface area contributed by atoms with E-state index in [1.807, 2.05) is 25.1 Å². The monoisotopic (exact) mass is 262 g/mol. The van der Waals surface area contributed by atoms with Crippen LogP contribution in [0.4, 0.5) is 5.82 Å². The Morgan fingerprint density at radius 2 is 2.37 bits per heavy atom. The van der Waals surface area contributed by atoms with E-state index in [0.717, 1.165) is 31.1 Å². The molecule has 2 rings (SSSR count). The summed E-state index contributed by atoms with van der Waals surface area (Å²) in [5.74, 6) is 0.957. The Morgan fingerprint density at radius 3 is 3.05 bits per heavy atom. The van der Waals surface area contributed by atoms with Gasteiger partial charge >= 0.3 is 0 Å². The first-order valence-corrected chi connectivity index (χ1v) is 6.79. The molecule has 5 nitrogen and oxygen atoms in total. The van der Waals surface area contributed by atoms with Gasteiger partial charge in [0.25, 0.3) is 0 Å². The second-order valence-corrected chi connectivity index (χ2v) is 5.09. The van der Waals surface area contributed by atoms with E-state index in [1.165, 1.54) is 6.92 Å². The van der Waals surface area contributed by atoms with Crippen LogP contribution in [0.2, 0.25) is 0 Å². The van der Waals surface area contributed by atoms with Crippen LogP contribution in [0.5, 0.6) is 0 Å². The number of nitrogens with one attached hydrogen (secondary N) is 2. The fraction of sp³-hybridized carbons (Fsp3) is 0.571. The third-order valence-corrected chi connectivity index (χ3v) is 3.41. The Morgan fingerprint density at radius 1 is 1.58 bits per heavy atom. The van der Waals surface area contributed by atoms with E-state index in [-0.39, 0.29) is 11.9 Å². The summed E-state index contributed by atoms with van der Waals surface area (Å²) < 4.78 is 0. The van der Waals surface area contributed by atoms with Crippen molar-refractivity contribution in [1.82, 2.24) is 15.6 Å². The number of hydrogen-bond acceptors (Lipinski definition) is 4. The second-order valence-electron chi connectivity index (χ2n) is 5.09. The molecule has 1 aliphatic rings. The number of aromatic nitrogens is 1. The van der Waals surface area contributed by atoms with Crippen molar-refractivity contribution < 1.29 is 4.79 Å². The number of pyridine rings is 1. The number of anilines is 1. The molecule has 1 aromatic rings. The Labute approximate surface area is 114 Å². The zero-order valence-electron chi connectivity index (χ0n) is 11.8. The molecule has 0 aliphatic carbocycles. The first-order chi connectivity index (χ1) is 9.08. The van der Waals surface area contributed by atoms with E-state index in [0.29, 0.717) is 6.04 Å². The van der Waals surface area contributed by atoms with Crippen LogP contribution in [0, 0.1) is 0 Å². The lowest BCUT2D eigenvalue weighted by Gasteiger charge is -2.35. The molecule has 2 N–H and O–H groups in total. The number of amides is 1. The number of rotatable bonds is 3. The Hall–Kier alpha value is -1.62. The Kier molecular flexibility index (Phi) is 4.37. The fourth-order valence-electron chi connectivity index (χ4n) is 2.40. The van der Waals surface area contributed by atoms with Gasteiger partial charge in [-0.15, -0.1) is 0 Å². The van der Waals surface area contributed by atoms with Crippen LogP contribution in [0.25, 0.3) is 0 Å². The lowest BCUT2D eigenvalue weighted by molar-refractivity contribution is -0.119. The molecule has 1 unspecified atom stereocenters. The summed E-state index contributed by atoms with van der Waals surface area (Å²) in [4.78, 5) is 18.1. The summed E-state index contributed by atoms with van der Waals surface area (Å²) in [6.45, 7) is 8.60. The Balaban J connectivity index is 2.16. The van der Waals surface area contributed by atoms with Crippen LogP contribution in [0.3, 0.4) is 0 Å². The van der Waals surface area contributed by atoms with Gasteiger partial charge in [0.2, 0.25) is 5.91 Å². The van der Waals surface area contributed by atoms with Crippen LogP contribution in [0.1, 0.15) is 32.5 Å². The molecule has 0 bridgehead atoms. The first-order valence-electron chi connectivity index (χ1n) is 6.79. The average molecular weight is 262 g/mol. The van der Waals surface area contributed by atoms with Crippen LogP contribution < -0.4 is 15.5 Å². The minimum absolute atomic E-state index is 0.0322. The van der Waals surface area contributed by atoms with E-state index >= 15 is 0 Å². The molecular formula is C14H22N4O. The maximum atomic E-state index is 11.1. The molecule has 1 fully saturated rings. The van der Waals surface area contributed by atoms with Gasteiger partial charge in [-0.25, -0.2) is 4.98 Å². The molecule has 2 heterocycles. The van der Waals surface area contributed by atoms with E-state index < -0.39 is 0 Å². The van der Waals surface area contributed by atoms with Crippen molar-refractivity contribution in [2.45, 2.75) is 32.9 Å². The minimum Gasteiger partial charge on any atom is -0.351 e. The molecule has 0 radical (unpaired) electrons. The quantitative estimate of drug-likeness (QED) is 0.856. The van der Waals surface area contributed by atoms with E-state index in [2.05, 4.69) is 27.4 Å². The Bertz CT molecular complexity index is 449. The van der Waals surface area contributed by atoms with Crippen molar-refractivity contribution in [1.29, 1.82) is 0 Å². The largest absolute Gasteiger partial charge is 0.351 e. The van der Waals surface area contributed by atoms with Crippen molar-refractivity contribution in [2.24, 2.45) is 0 Å². The second kappa shape index (κ2) is 6.02. The summed E-state index contributed by atoms with van der Waals surface area (Å²) >= 11 is 0. The topological polar surface area (TPSA) is 57.3 Å². The zero-order chi connectivity index (χ0) is 13.8. The summed E-state index contributed by atoms with van der Waals surface area (Å²) in [6.07, 6.45) is 0. The number of hydrogen-bond donors (Lipinski definition) is 2. The maximum absolute atomic E-state index is 11.1. The maximum Gasteiger partial charge on any atom is 0.217 e. The summed E-state index contributed by atoms with van der Waals surface area (Å²) in [5.41, 5.74) is 0.901. The van der Waals surface area contributed by atoms with Crippen LogP contribution in [0.15, 0.2) is 18.2 Å². The molecule has 104 valence electrons. The molecule has 1 aliphatic heterocycles. The predicted molar refractivity (Wildman–Crippen MR) is 76.1 cm³/mol. The van der Waals surface area contributed by atoms with Crippen LogP contribution in [-0.4, -0.2) is 36.6 Å². The molecule has 0 spiro atoms. The number of carbonyl (C=O) groups excluding carboxylic acids is 1. The van der Waals surface area contributed by atoms with Gasteiger partial charge in [-0.3, -0.25) is 4.79 Å². The van der Waals surface area contributed by atoms with Crippen molar-refractivity contribution in [2.75, 3.05) is 24.5 Å².